The van der Waals surface area contributed by atoms with Gasteiger partial charge >= 0.3 is 0 Å². The molecule has 1 aromatic heterocycles. The van der Waals surface area contributed by atoms with Crippen LogP contribution in [0.15, 0.2) is 65.4 Å². The van der Waals surface area contributed by atoms with Crippen molar-refractivity contribution in [3.05, 3.63) is 92.8 Å². The molecule has 6 heteroatoms. The van der Waals surface area contributed by atoms with Crippen molar-refractivity contribution in [3.8, 4) is 5.88 Å². The number of hydrogen-bond donors (Lipinski definition) is 1. The lowest BCUT2D eigenvalue weighted by Gasteiger charge is -2.42. The number of nitrogens with zero attached hydrogens (tertiary/aromatic N) is 2. The Morgan fingerprint density at radius 3 is 2.59 bits per heavy atom. The van der Waals surface area contributed by atoms with Gasteiger partial charge in [0.2, 0.25) is 11.8 Å². The minimum Gasteiger partial charge on any atom is -0.420 e. The number of thioether (sulfide) groups is 1. The van der Waals surface area contributed by atoms with E-state index in [1.807, 2.05) is 23.9 Å². The lowest BCUT2D eigenvalue weighted by atomic mass is 9.89. The molecule has 4 nitrogen and oxygen atoms in total. The Balaban J connectivity index is 1.49. The van der Waals surface area contributed by atoms with Gasteiger partial charge in [-0.05, 0) is 43.0 Å². The first-order valence-corrected chi connectivity index (χ1v) is 12.6. The lowest BCUT2D eigenvalue weighted by Crippen LogP contribution is -2.44. The van der Waals surface area contributed by atoms with Crippen LogP contribution >= 0.6 is 23.4 Å². The van der Waals surface area contributed by atoms with Crippen LogP contribution in [0.25, 0.3) is 0 Å². The number of allylic oxidation sites excluding steroid dienone is 1. The standard InChI is InChI=1S/C26H26ClN3OS/c1-17-21-22(19-10-12-20(27)13-11-19)23-25(31-24(21)29-28-17)30(16-18-8-4-2-5-9-18)26(32-23)14-6-3-7-15-26/h2,4-5,8-13,22H,3,6-7,14-16H2,1H3,(H,28,29). The lowest BCUT2D eigenvalue weighted by molar-refractivity contribution is 0.106. The highest BCUT2D eigenvalue weighted by atomic mass is 35.5. The summed E-state index contributed by atoms with van der Waals surface area (Å²) in [6.45, 7) is 2.93. The summed E-state index contributed by atoms with van der Waals surface area (Å²) < 4.78 is 6.58. The summed E-state index contributed by atoms with van der Waals surface area (Å²) in [6.07, 6.45) is 6.19. The summed E-state index contributed by atoms with van der Waals surface area (Å²) in [5.74, 6) is 1.79. The maximum Gasteiger partial charge on any atom is 0.244 e. The summed E-state index contributed by atoms with van der Waals surface area (Å²) in [5.41, 5.74) is 4.75. The highest BCUT2D eigenvalue weighted by Crippen LogP contribution is 2.61. The Morgan fingerprint density at radius 2 is 1.84 bits per heavy atom. The Bertz CT molecular complexity index is 1170. The third-order valence-electron chi connectivity index (χ3n) is 6.97. The molecule has 1 aliphatic carbocycles. The molecule has 1 N–H and O–H groups in total. The van der Waals surface area contributed by atoms with Gasteiger partial charge in [0.15, 0.2) is 0 Å². The van der Waals surface area contributed by atoms with Gasteiger partial charge in [-0.15, -0.1) is 5.10 Å². The predicted octanol–water partition coefficient (Wildman–Crippen LogP) is 6.97. The molecule has 0 amide bonds. The van der Waals surface area contributed by atoms with E-state index in [-0.39, 0.29) is 10.8 Å². The molecule has 0 saturated heterocycles. The summed E-state index contributed by atoms with van der Waals surface area (Å²) in [7, 11) is 0. The summed E-state index contributed by atoms with van der Waals surface area (Å²) in [6, 6.07) is 19.0. The number of aromatic amines is 1. The molecule has 3 aromatic rings. The number of H-pyrrole nitrogens is 1. The SMILES string of the molecule is Cc1[nH]nc2c1C(c1ccc(Cl)cc1)C1=C(O2)N(Cc2ccccc2)C2(CCCCC2)S1. The van der Waals surface area contributed by atoms with Crippen molar-refractivity contribution < 1.29 is 4.74 Å². The van der Waals surface area contributed by atoms with E-state index in [1.165, 1.54) is 48.1 Å². The number of aryl methyl sites for hydroxylation is 1. The topological polar surface area (TPSA) is 41.1 Å². The largest absolute Gasteiger partial charge is 0.420 e. The Morgan fingerprint density at radius 1 is 1.09 bits per heavy atom. The molecule has 1 fully saturated rings. The normalized spacial score (nSPS) is 21.4. The van der Waals surface area contributed by atoms with Crippen LogP contribution in [0.2, 0.25) is 5.02 Å². The molecule has 1 saturated carbocycles. The molecular weight excluding hydrogens is 438 g/mol. The highest BCUT2D eigenvalue weighted by molar-refractivity contribution is 8.04. The van der Waals surface area contributed by atoms with E-state index in [0.29, 0.717) is 5.88 Å². The van der Waals surface area contributed by atoms with Crippen LogP contribution in [-0.2, 0) is 6.54 Å². The fraction of sp³-hybridized carbons (Fsp3) is 0.346. The van der Waals surface area contributed by atoms with Gasteiger partial charge in [-0.3, -0.25) is 5.10 Å². The molecular formula is C26H26ClN3OS. The maximum absolute atomic E-state index is 6.58. The quantitative estimate of drug-likeness (QED) is 0.455. The van der Waals surface area contributed by atoms with E-state index < -0.39 is 0 Å². The first kappa shape index (κ1) is 20.3. The van der Waals surface area contributed by atoms with E-state index in [9.17, 15) is 0 Å². The molecule has 6 rings (SSSR count). The monoisotopic (exact) mass is 463 g/mol. The number of halogens is 1. The van der Waals surface area contributed by atoms with E-state index in [0.717, 1.165) is 28.7 Å². The number of benzene rings is 2. The Labute approximate surface area is 198 Å². The van der Waals surface area contributed by atoms with E-state index in [1.54, 1.807) is 0 Å². The number of rotatable bonds is 3. The van der Waals surface area contributed by atoms with Crippen LogP contribution in [0.3, 0.4) is 0 Å². The zero-order valence-electron chi connectivity index (χ0n) is 18.1. The van der Waals surface area contributed by atoms with Gasteiger partial charge in [0.1, 0.15) is 0 Å². The van der Waals surface area contributed by atoms with Gasteiger partial charge in [0.25, 0.3) is 0 Å². The molecule has 0 radical (unpaired) electrons. The number of ether oxygens (including phenoxy) is 1. The molecule has 0 bridgehead atoms. The van der Waals surface area contributed by atoms with Crippen molar-refractivity contribution in [3.63, 3.8) is 0 Å². The first-order valence-electron chi connectivity index (χ1n) is 11.4. The molecule has 3 heterocycles. The van der Waals surface area contributed by atoms with Crippen LogP contribution in [0.5, 0.6) is 5.88 Å². The highest BCUT2D eigenvalue weighted by Gasteiger charge is 2.52. The van der Waals surface area contributed by atoms with E-state index >= 15 is 0 Å². The average Bonchev–Trinajstić information content (AvgIpc) is 3.32. The summed E-state index contributed by atoms with van der Waals surface area (Å²) >= 11 is 8.27. The second kappa shape index (κ2) is 7.89. The first-order chi connectivity index (χ1) is 15.6. The summed E-state index contributed by atoms with van der Waals surface area (Å²) in [5, 5.41) is 8.46. The minimum absolute atomic E-state index is 0.0462. The van der Waals surface area contributed by atoms with Crippen LogP contribution < -0.4 is 4.74 Å². The Kier molecular flexibility index (Phi) is 4.99. The van der Waals surface area contributed by atoms with Crippen molar-refractivity contribution in [2.24, 2.45) is 0 Å². The fourth-order valence-corrected chi connectivity index (χ4v) is 7.29. The predicted molar refractivity (Wildman–Crippen MR) is 130 cm³/mol. The molecule has 2 aliphatic heterocycles. The van der Waals surface area contributed by atoms with Crippen molar-refractivity contribution in [1.82, 2.24) is 15.1 Å². The van der Waals surface area contributed by atoms with Crippen LogP contribution in [0.1, 0.15) is 60.4 Å². The van der Waals surface area contributed by atoms with Gasteiger partial charge in [0.05, 0.1) is 15.7 Å². The second-order valence-electron chi connectivity index (χ2n) is 9.00. The number of aromatic nitrogens is 2. The zero-order chi connectivity index (χ0) is 21.7. The van der Waals surface area contributed by atoms with Crippen molar-refractivity contribution in [2.75, 3.05) is 0 Å². The van der Waals surface area contributed by atoms with E-state index in [2.05, 4.69) is 64.5 Å². The van der Waals surface area contributed by atoms with Crippen LogP contribution in [0.4, 0.5) is 0 Å². The molecule has 2 aromatic carbocycles. The van der Waals surface area contributed by atoms with Crippen molar-refractivity contribution in [1.29, 1.82) is 0 Å². The number of nitrogens with one attached hydrogen (secondary N) is 1. The molecule has 3 aliphatic rings. The zero-order valence-corrected chi connectivity index (χ0v) is 19.7. The smallest absolute Gasteiger partial charge is 0.244 e. The number of fused-ring (bicyclic) bond motifs is 1. The van der Waals surface area contributed by atoms with Gasteiger partial charge < -0.3 is 9.64 Å². The van der Waals surface area contributed by atoms with Crippen LogP contribution in [0, 0.1) is 6.92 Å². The van der Waals surface area contributed by atoms with Crippen LogP contribution in [-0.4, -0.2) is 20.0 Å². The molecule has 1 atom stereocenters. The molecule has 1 spiro atoms. The third kappa shape index (κ3) is 3.25. The van der Waals surface area contributed by atoms with Gasteiger partial charge in [0, 0.05) is 22.8 Å². The second-order valence-corrected chi connectivity index (χ2v) is 10.8. The number of hydrogen-bond acceptors (Lipinski definition) is 4. The summed E-state index contributed by atoms with van der Waals surface area (Å²) in [4.78, 5) is 3.89. The fourth-order valence-electron chi connectivity index (χ4n) is 5.40. The average molecular weight is 464 g/mol. The Hall–Kier alpha value is -2.37. The van der Waals surface area contributed by atoms with Gasteiger partial charge in [-0.2, -0.15) is 0 Å². The molecule has 32 heavy (non-hydrogen) atoms. The van der Waals surface area contributed by atoms with Crippen molar-refractivity contribution >= 4 is 23.4 Å². The molecule has 1 unspecified atom stereocenters. The maximum atomic E-state index is 6.58. The third-order valence-corrected chi connectivity index (χ3v) is 8.86. The van der Waals surface area contributed by atoms with E-state index in [4.69, 9.17) is 16.3 Å². The molecule has 164 valence electrons. The minimum atomic E-state index is 0.0462. The van der Waals surface area contributed by atoms with Crippen molar-refractivity contribution in [2.45, 2.75) is 56.4 Å². The van der Waals surface area contributed by atoms with Gasteiger partial charge in [-0.1, -0.05) is 85.1 Å². The van der Waals surface area contributed by atoms with Gasteiger partial charge in [-0.25, -0.2) is 0 Å².